The highest BCUT2D eigenvalue weighted by Crippen LogP contribution is 2.07. The average Bonchev–Trinajstić information content (AvgIpc) is 2.02. The van der Waals surface area contributed by atoms with Crippen LogP contribution in [0.4, 0.5) is 0 Å². The highest BCUT2D eigenvalue weighted by Gasteiger charge is 2.17. The average molecular weight is 188 g/mol. The maximum atomic E-state index is 2.42. The van der Waals surface area contributed by atoms with Gasteiger partial charge < -0.3 is 4.48 Å². The van der Waals surface area contributed by atoms with Crippen molar-refractivity contribution >= 4 is 10.2 Å². The van der Waals surface area contributed by atoms with Gasteiger partial charge >= 0.3 is 0 Å². The van der Waals surface area contributed by atoms with Crippen molar-refractivity contribution in [3.63, 3.8) is 0 Å². The first kappa shape index (κ1) is 12.2. The summed E-state index contributed by atoms with van der Waals surface area (Å²) in [6, 6.07) is 1.47. The fraction of sp³-hybridized carbons (Fsp3) is 1.00. The Morgan fingerprint density at radius 3 is 1.83 bits per heavy atom. The molecule has 2 heteroatoms. The number of hydrogen-bond acceptors (Lipinski definition) is 0. The van der Waals surface area contributed by atoms with Gasteiger partial charge in [-0.1, -0.05) is 19.9 Å². The van der Waals surface area contributed by atoms with Gasteiger partial charge in [0.25, 0.3) is 0 Å². The molecule has 0 aromatic carbocycles. The third-order valence-corrected chi connectivity index (χ3v) is 3.29. The minimum atomic E-state index is 1.31. The van der Waals surface area contributed by atoms with Crippen molar-refractivity contribution in [2.45, 2.75) is 39.2 Å². The van der Waals surface area contributed by atoms with Crippen molar-refractivity contribution in [2.75, 3.05) is 26.7 Å². The van der Waals surface area contributed by atoms with Crippen molar-refractivity contribution in [3.05, 3.63) is 0 Å². The van der Waals surface area contributed by atoms with Gasteiger partial charge in [-0.05, 0) is 19.3 Å². The van der Waals surface area contributed by atoms with Crippen molar-refractivity contribution in [3.8, 4) is 0 Å². The van der Waals surface area contributed by atoms with E-state index in [1.165, 1.54) is 59.7 Å². The summed E-state index contributed by atoms with van der Waals surface area (Å²) in [5, 5.41) is 0. The molecule has 1 nitrogen and oxygen atoms in total. The first-order valence-electron chi connectivity index (χ1n) is 5.52. The minimum absolute atomic E-state index is 1.31. The van der Waals surface area contributed by atoms with E-state index in [2.05, 4.69) is 20.9 Å². The second-order valence-corrected chi connectivity index (χ2v) is 5.14. The van der Waals surface area contributed by atoms with Gasteiger partial charge in [-0.15, -0.1) is 0 Å². The molecule has 0 fully saturated rings. The van der Waals surface area contributed by atoms with Crippen molar-refractivity contribution < 1.29 is 4.48 Å². The summed E-state index contributed by atoms with van der Waals surface area (Å²) in [6.45, 7) is 8.75. The summed E-state index contributed by atoms with van der Waals surface area (Å²) in [7, 11) is 3.80. The number of hydrogen-bond donors (Lipinski definition) is 0. The number of nitrogens with zero attached hydrogens (tertiary/aromatic N) is 1. The first-order chi connectivity index (χ1) is 5.68. The van der Waals surface area contributed by atoms with Gasteiger partial charge in [-0.2, -0.15) is 0 Å². The van der Waals surface area contributed by atoms with Crippen LogP contribution in [0.5, 0.6) is 0 Å². The molecule has 0 aromatic rings. The maximum Gasteiger partial charge on any atom is 0.0781 e. The highest BCUT2D eigenvalue weighted by molar-refractivity contribution is 6.08. The predicted molar refractivity (Wildman–Crippen MR) is 60.7 cm³/mol. The lowest BCUT2D eigenvalue weighted by Gasteiger charge is -2.34. The first-order valence-corrected chi connectivity index (χ1v) is 6.93. The van der Waals surface area contributed by atoms with E-state index < -0.39 is 0 Å². The van der Waals surface area contributed by atoms with Crippen LogP contribution in [0.2, 0.25) is 6.04 Å². The Morgan fingerprint density at radius 2 is 1.50 bits per heavy atom. The lowest BCUT2D eigenvalue weighted by molar-refractivity contribution is -0.909. The van der Waals surface area contributed by atoms with Crippen LogP contribution in [0.15, 0.2) is 0 Å². The van der Waals surface area contributed by atoms with E-state index in [0.29, 0.717) is 0 Å². The van der Waals surface area contributed by atoms with Crippen molar-refractivity contribution in [1.29, 1.82) is 0 Å². The van der Waals surface area contributed by atoms with Gasteiger partial charge in [0.2, 0.25) is 0 Å². The summed E-state index contributed by atoms with van der Waals surface area (Å²) in [5.74, 6) is 0. The summed E-state index contributed by atoms with van der Waals surface area (Å²) >= 11 is 0. The monoisotopic (exact) mass is 188 g/mol. The van der Waals surface area contributed by atoms with Crippen LogP contribution in [-0.4, -0.2) is 41.4 Å². The fourth-order valence-electron chi connectivity index (χ4n) is 1.95. The summed E-state index contributed by atoms with van der Waals surface area (Å²) in [4.78, 5) is 0. The van der Waals surface area contributed by atoms with E-state index >= 15 is 0 Å². The van der Waals surface area contributed by atoms with E-state index in [4.69, 9.17) is 0 Å². The molecule has 74 valence electrons. The van der Waals surface area contributed by atoms with Crippen molar-refractivity contribution in [1.82, 2.24) is 0 Å². The van der Waals surface area contributed by atoms with Gasteiger partial charge in [-0.3, -0.25) is 0 Å². The predicted octanol–water partition coefficient (Wildman–Crippen LogP) is 1.43. The van der Waals surface area contributed by atoms with Crippen LogP contribution in [0.3, 0.4) is 0 Å². The van der Waals surface area contributed by atoms with Crippen LogP contribution < -0.4 is 0 Å². The van der Waals surface area contributed by atoms with Crippen molar-refractivity contribution in [2.24, 2.45) is 0 Å². The quantitative estimate of drug-likeness (QED) is 0.419. The molecule has 0 N–H and O–H groups in total. The van der Waals surface area contributed by atoms with E-state index in [-0.39, 0.29) is 0 Å². The Morgan fingerprint density at radius 1 is 1.00 bits per heavy atom. The van der Waals surface area contributed by atoms with Crippen LogP contribution in [0, 0.1) is 0 Å². The van der Waals surface area contributed by atoms with Crippen LogP contribution >= 0.6 is 0 Å². The molecule has 0 aliphatic heterocycles. The number of quaternary nitrogens is 1. The molecule has 0 aliphatic rings. The molecule has 0 atom stereocenters. The lowest BCUT2D eigenvalue weighted by Crippen LogP contribution is -2.45. The zero-order valence-electron chi connectivity index (χ0n) is 9.40. The Kier molecular flexibility index (Phi) is 6.77. The van der Waals surface area contributed by atoms with Gasteiger partial charge in [-0.25, -0.2) is 0 Å². The van der Waals surface area contributed by atoms with Gasteiger partial charge in [0.1, 0.15) is 0 Å². The summed E-state index contributed by atoms with van der Waals surface area (Å²) in [5.41, 5.74) is 0. The molecule has 0 spiro atoms. The molecule has 0 unspecified atom stereocenters. The molecule has 0 bridgehead atoms. The molecule has 0 heterocycles. The Labute approximate surface area is 81.2 Å². The Balaban J connectivity index is 3.80. The second kappa shape index (κ2) is 6.67. The third-order valence-electron chi connectivity index (χ3n) is 2.58. The molecule has 0 aromatic heterocycles. The molecule has 0 rings (SSSR count). The number of rotatable bonds is 7. The molecule has 12 heavy (non-hydrogen) atoms. The summed E-state index contributed by atoms with van der Waals surface area (Å²) in [6.07, 6.45) is 4.11. The third kappa shape index (κ3) is 4.94. The molecule has 0 radical (unpaired) electrons. The van der Waals surface area contributed by atoms with Gasteiger partial charge in [0.15, 0.2) is 0 Å². The van der Waals surface area contributed by atoms with Crippen LogP contribution in [-0.2, 0) is 0 Å². The Hall–Kier alpha value is 0.177. The van der Waals surface area contributed by atoms with Crippen LogP contribution in [0.1, 0.15) is 33.1 Å². The molecule has 0 aliphatic carbocycles. The van der Waals surface area contributed by atoms with Crippen LogP contribution in [0.25, 0.3) is 0 Å². The zero-order chi connectivity index (χ0) is 9.45. The SMILES string of the molecule is CCC[N+](C)(CCC)CCC[SiH3]. The summed E-state index contributed by atoms with van der Waals surface area (Å²) < 4.78 is 1.31. The largest absolute Gasteiger partial charge is 0.326 e. The van der Waals surface area contributed by atoms with Gasteiger partial charge in [0.05, 0.1) is 26.7 Å². The minimum Gasteiger partial charge on any atom is -0.326 e. The fourth-order valence-corrected chi connectivity index (χ4v) is 2.27. The smallest absolute Gasteiger partial charge is 0.0781 e. The molecular formula is C10H26NSi+. The standard InChI is InChI=1S/C10H26NSi/c1-4-7-11(3,8-5-2)9-6-10-12/h4-10H2,1-3,12H3/q+1. The van der Waals surface area contributed by atoms with Gasteiger partial charge in [0, 0.05) is 10.2 Å². The lowest BCUT2D eigenvalue weighted by atomic mass is 10.2. The molecule has 0 saturated heterocycles. The molecule has 0 saturated carbocycles. The normalized spacial score (nSPS) is 12.2. The topological polar surface area (TPSA) is 0 Å². The van der Waals surface area contributed by atoms with E-state index in [1.807, 2.05) is 0 Å². The maximum absolute atomic E-state index is 2.42. The highest BCUT2D eigenvalue weighted by atomic mass is 28.1. The Bertz CT molecular complexity index is 98.0. The van der Waals surface area contributed by atoms with E-state index in [9.17, 15) is 0 Å². The second-order valence-electron chi connectivity index (χ2n) is 4.14. The molecule has 0 amide bonds. The zero-order valence-corrected chi connectivity index (χ0v) is 11.4. The van der Waals surface area contributed by atoms with E-state index in [0.717, 1.165) is 0 Å². The van der Waals surface area contributed by atoms with E-state index in [1.54, 1.807) is 0 Å². The molecular weight excluding hydrogens is 162 g/mol.